The molecule has 0 aromatic rings. The summed E-state index contributed by atoms with van der Waals surface area (Å²) in [4.78, 5) is 0. The molecule has 86 valence electrons. The van der Waals surface area contributed by atoms with Crippen molar-refractivity contribution in [2.75, 3.05) is 13.1 Å². The predicted molar refractivity (Wildman–Crippen MR) is 62.2 cm³/mol. The first-order valence-electron chi connectivity index (χ1n) is 4.14. The summed E-state index contributed by atoms with van der Waals surface area (Å²) in [5.41, 5.74) is 9.81. The molecular weight excluding hydrogens is 204 g/mol. The first-order chi connectivity index (χ1) is 5.91. The summed E-state index contributed by atoms with van der Waals surface area (Å²) in [6.45, 7) is 21.2. The zero-order chi connectivity index (χ0) is 11.4. The Hall–Kier alpha value is 0.439. The third kappa shape index (κ3) is 654. The molecule has 13 heavy (non-hydrogen) atoms. The molecule has 0 heterocycles. The van der Waals surface area contributed by atoms with Crippen molar-refractivity contribution < 1.29 is 17.1 Å². The average Bonchev–Trinajstić information content (AvgIpc) is 2.29. The van der Waals surface area contributed by atoms with E-state index in [-0.39, 0.29) is 17.1 Å². The van der Waals surface area contributed by atoms with Crippen LogP contribution in [0.3, 0.4) is 0 Å². The van der Waals surface area contributed by atoms with Crippen LogP contribution >= 0.6 is 0 Å². The van der Waals surface area contributed by atoms with Crippen molar-refractivity contribution in [3.8, 4) is 0 Å². The molecule has 4 N–H and O–H groups in total. The average molecular weight is 232 g/mol. The Morgan fingerprint density at radius 1 is 0.615 bits per heavy atom. The summed E-state index contributed by atoms with van der Waals surface area (Å²) in [5.74, 6) is 0. The quantitative estimate of drug-likeness (QED) is 0.538. The zero-order valence-corrected chi connectivity index (χ0v) is 10.9. The van der Waals surface area contributed by atoms with E-state index in [1.54, 1.807) is 27.7 Å². The molecule has 0 spiro atoms. The smallest absolute Gasteiger partial charge is 0.346 e. The topological polar surface area (TPSA) is 52.0 Å². The van der Waals surface area contributed by atoms with Crippen LogP contribution in [0.2, 0.25) is 0 Å². The maximum atomic E-state index is 4.90. The van der Waals surface area contributed by atoms with Crippen molar-refractivity contribution in [1.29, 1.82) is 0 Å². The van der Waals surface area contributed by atoms with E-state index in [2.05, 4.69) is 27.7 Å². The van der Waals surface area contributed by atoms with Crippen LogP contribution in [0.25, 0.3) is 0 Å². The molecule has 0 aromatic carbocycles. The molecule has 0 unspecified atom stereocenters. The number of rotatable bonds is 1. The second-order valence-corrected chi connectivity index (χ2v) is 0.577. The van der Waals surface area contributed by atoms with Crippen LogP contribution in [0, 0.1) is 27.7 Å². The Bertz CT molecular complexity index is 14.9. The van der Waals surface area contributed by atoms with Gasteiger partial charge in [0.05, 0.1) is 0 Å². The molecule has 2 nitrogen and oxygen atoms in total. The van der Waals surface area contributed by atoms with Crippen LogP contribution in [-0.2, 0) is 17.1 Å². The Morgan fingerprint density at radius 2 is 0.692 bits per heavy atom. The van der Waals surface area contributed by atoms with Gasteiger partial charge in [-0.05, 0) is 0 Å². The van der Waals surface area contributed by atoms with Crippen molar-refractivity contribution in [3.05, 3.63) is 27.7 Å². The first kappa shape index (κ1) is 37.6. The number of hydrogen-bond donors (Lipinski definition) is 2. The van der Waals surface area contributed by atoms with E-state index in [0.717, 1.165) is 0 Å². The summed E-state index contributed by atoms with van der Waals surface area (Å²) >= 11 is 0. The standard InChI is InChI=1S/C2H8N2.4C2H5.Fe/c3-1-2-4;4*1-2;/h1-4H2;4*1H2,2H3;/q;4*-1;+4. The van der Waals surface area contributed by atoms with Crippen LogP contribution in [0.4, 0.5) is 0 Å². The largest absolute Gasteiger partial charge is 4.00 e. The summed E-state index contributed by atoms with van der Waals surface area (Å²) in [7, 11) is 0. The van der Waals surface area contributed by atoms with Crippen molar-refractivity contribution >= 4 is 0 Å². The Labute approximate surface area is 97.3 Å². The van der Waals surface area contributed by atoms with Gasteiger partial charge in [-0.15, -0.1) is 0 Å². The molecule has 0 saturated carbocycles. The van der Waals surface area contributed by atoms with E-state index >= 15 is 0 Å². The monoisotopic (exact) mass is 232 g/mol. The van der Waals surface area contributed by atoms with Crippen LogP contribution in [0.5, 0.6) is 0 Å². The summed E-state index contributed by atoms with van der Waals surface area (Å²) in [5, 5.41) is 0. The second-order valence-electron chi connectivity index (χ2n) is 0.577. The molecule has 0 aromatic heterocycles. The van der Waals surface area contributed by atoms with E-state index in [1.165, 1.54) is 0 Å². The summed E-state index contributed by atoms with van der Waals surface area (Å²) < 4.78 is 0. The van der Waals surface area contributed by atoms with Crippen LogP contribution in [-0.4, -0.2) is 13.1 Å². The van der Waals surface area contributed by atoms with Gasteiger partial charge in [0.2, 0.25) is 0 Å². The normalized spacial score (nSPS) is 4.15. The van der Waals surface area contributed by atoms with Gasteiger partial charge in [-0.1, -0.05) is 0 Å². The van der Waals surface area contributed by atoms with Gasteiger partial charge in [-0.2, -0.15) is 27.7 Å². The summed E-state index contributed by atoms with van der Waals surface area (Å²) in [6, 6.07) is 0. The maximum Gasteiger partial charge on any atom is 4.00 e. The van der Waals surface area contributed by atoms with Gasteiger partial charge in [0, 0.05) is 13.1 Å². The minimum Gasteiger partial charge on any atom is -0.346 e. The fourth-order valence-corrected chi connectivity index (χ4v) is 0. The molecule has 0 aliphatic heterocycles. The van der Waals surface area contributed by atoms with E-state index in [0.29, 0.717) is 13.1 Å². The van der Waals surface area contributed by atoms with E-state index in [9.17, 15) is 0 Å². The Balaban J connectivity index is -0.0000000122. The molecule has 0 aliphatic rings. The molecule has 0 fully saturated rings. The van der Waals surface area contributed by atoms with Crippen molar-refractivity contribution in [1.82, 2.24) is 0 Å². The van der Waals surface area contributed by atoms with E-state index < -0.39 is 0 Å². The van der Waals surface area contributed by atoms with Crippen molar-refractivity contribution in [3.63, 3.8) is 0 Å². The fraction of sp³-hybridized carbons (Fsp3) is 0.600. The predicted octanol–water partition coefficient (Wildman–Crippen LogP) is 2.26. The SMILES string of the molecule is NCCN.[CH2-]C.[CH2-]C.[CH2-]C.[CH2-]C.[Fe+4]. The van der Waals surface area contributed by atoms with Crippen molar-refractivity contribution in [2.24, 2.45) is 11.5 Å². The minimum absolute atomic E-state index is 0. The molecule has 0 atom stereocenters. The van der Waals surface area contributed by atoms with Gasteiger partial charge in [-0.3, -0.25) is 0 Å². The second kappa shape index (κ2) is 274. The molecule has 0 rings (SSSR count). The molecule has 0 aliphatic carbocycles. The van der Waals surface area contributed by atoms with Crippen LogP contribution in [0.1, 0.15) is 27.7 Å². The van der Waals surface area contributed by atoms with Gasteiger partial charge < -0.3 is 39.2 Å². The van der Waals surface area contributed by atoms with Gasteiger partial charge in [0.25, 0.3) is 0 Å². The molecule has 0 saturated heterocycles. The minimum atomic E-state index is 0. The van der Waals surface area contributed by atoms with Gasteiger partial charge in [-0.25, -0.2) is 0 Å². The Morgan fingerprint density at radius 3 is 0.692 bits per heavy atom. The maximum absolute atomic E-state index is 4.90. The van der Waals surface area contributed by atoms with Gasteiger partial charge in [0.15, 0.2) is 0 Å². The molecule has 3 heteroatoms. The van der Waals surface area contributed by atoms with Crippen molar-refractivity contribution in [2.45, 2.75) is 27.7 Å². The molecular formula is C10H28FeN2. The van der Waals surface area contributed by atoms with Gasteiger partial charge in [0.1, 0.15) is 0 Å². The third-order valence-corrected chi connectivity index (χ3v) is 0.167. The van der Waals surface area contributed by atoms with E-state index in [1.807, 2.05) is 0 Å². The van der Waals surface area contributed by atoms with Gasteiger partial charge >= 0.3 is 17.1 Å². The third-order valence-electron chi connectivity index (χ3n) is 0.167. The summed E-state index contributed by atoms with van der Waals surface area (Å²) in [6.07, 6.45) is 0. The fourth-order valence-electron chi connectivity index (χ4n) is 0. The van der Waals surface area contributed by atoms with Crippen LogP contribution < -0.4 is 11.5 Å². The van der Waals surface area contributed by atoms with Crippen LogP contribution in [0.15, 0.2) is 0 Å². The van der Waals surface area contributed by atoms with E-state index in [4.69, 9.17) is 11.5 Å². The molecule has 0 amide bonds. The number of hydrogen-bond acceptors (Lipinski definition) is 2. The number of nitrogens with two attached hydrogens (primary N) is 2. The zero-order valence-electron chi connectivity index (χ0n) is 9.75. The Kier molecular flexibility index (Phi) is 791. The molecule has 0 radical (unpaired) electrons. The first-order valence-corrected chi connectivity index (χ1v) is 4.14. The molecule has 0 bridgehead atoms.